The summed E-state index contributed by atoms with van der Waals surface area (Å²) >= 11 is 0. The molecule has 5 nitrogen and oxygen atoms in total. The fourth-order valence-electron chi connectivity index (χ4n) is 3.07. The van der Waals surface area contributed by atoms with E-state index in [0.717, 1.165) is 30.1 Å². The van der Waals surface area contributed by atoms with Crippen molar-refractivity contribution >= 4 is 16.9 Å². The van der Waals surface area contributed by atoms with Crippen molar-refractivity contribution in [3.05, 3.63) is 83.1 Å². The Hall–Kier alpha value is -3.21. The van der Waals surface area contributed by atoms with Crippen LogP contribution in [0.1, 0.15) is 27.9 Å². The third kappa shape index (κ3) is 3.57. The number of hydrogen-bond donors (Lipinski definition) is 2. The first kappa shape index (κ1) is 16.3. The van der Waals surface area contributed by atoms with Gasteiger partial charge >= 0.3 is 0 Å². The number of hydrogen-bond acceptors (Lipinski definition) is 4. The first-order valence-corrected chi connectivity index (χ1v) is 8.70. The molecule has 0 saturated heterocycles. The van der Waals surface area contributed by atoms with Crippen LogP contribution in [0.15, 0.2) is 55.1 Å². The van der Waals surface area contributed by atoms with Crippen LogP contribution in [0, 0.1) is 13.8 Å². The maximum atomic E-state index is 4.54. The van der Waals surface area contributed by atoms with Crippen LogP contribution >= 0.6 is 0 Å². The Bertz CT molecular complexity index is 1030. The van der Waals surface area contributed by atoms with Crippen molar-refractivity contribution in [2.45, 2.75) is 26.8 Å². The molecular formula is C21H21N5. The highest BCUT2D eigenvalue weighted by Gasteiger charge is 2.06. The van der Waals surface area contributed by atoms with Crippen molar-refractivity contribution in [2.75, 3.05) is 5.32 Å². The number of pyridine rings is 3. The van der Waals surface area contributed by atoms with Gasteiger partial charge < -0.3 is 10.3 Å². The van der Waals surface area contributed by atoms with E-state index in [-0.39, 0.29) is 0 Å². The third-order valence-corrected chi connectivity index (χ3v) is 4.41. The largest absolute Gasteiger partial charge is 0.366 e. The molecule has 2 N–H and O–H groups in total. The standard InChI is InChI=1S/C21H21N5/c1-14-7-19-18(13-26-21(19)25-10-14)9-16-3-4-20(23-11-16)24-12-17-5-6-22-15(2)8-17/h3-8,10-11,13H,9,12H2,1-2H3,(H,23,24)(H,25,26). The molecule has 4 heterocycles. The molecule has 0 aliphatic rings. The first-order valence-electron chi connectivity index (χ1n) is 8.70. The highest BCUT2D eigenvalue weighted by molar-refractivity contribution is 5.80. The molecule has 0 spiro atoms. The summed E-state index contributed by atoms with van der Waals surface area (Å²) in [5.74, 6) is 0.875. The second-order valence-corrected chi connectivity index (χ2v) is 6.61. The summed E-state index contributed by atoms with van der Waals surface area (Å²) in [6.45, 7) is 4.80. The van der Waals surface area contributed by atoms with Crippen LogP contribution in [0.3, 0.4) is 0 Å². The lowest BCUT2D eigenvalue weighted by molar-refractivity contribution is 1.07. The molecule has 0 fully saturated rings. The van der Waals surface area contributed by atoms with E-state index in [4.69, 9.17) is 0 Å². The number of nitrogens with zero attached hydrogens (tertiary/aromatic N) is 3. The summed E-state index contributed by atoms with van der Waals surface area (Å²) in [6.07, 6.45) is 8.52. The fourth-order valence-corrected chi connectivity index (χ4v) is 3.07. The van der Waals surface area contributed by atoms with Crippen LogP contribution in [0.4, 0.5) is 5.82 Å². The molecule has 0 bridgehead atoms. The van der Waals surface area contributed by atoms with E-state index < -0.39 is 0 Å². The molecule has 0 aliphatic heterocycles. The Morgan fingerprint density at radius 1 is 0.962 bits per heavy atom. The Kier molecular flexibility index (Phi) is 4.35. The number of aryl methyl sites for hydroxylation is 2. The van der Waals surface area contributed by atoms with Crippen molar-refractivity contribution in [3.63, 3.8) is 0 Å². The Balaban J connectivity index is 1.44. The zero-order chi connectivity index (χ0) is 17.9. The van der Waals surface area contributed by atoms with E-state index in [1.54, 1.807) is 0 Å². The van der Waals surface area contributed by atoms with Gasteiger partial charge in [-0.2, -0.15) is 0 Å². The number of aromatic amines is 1. The zero-order valence-electron chi connectivity index (χ0n) is 15.0. The van der Waals surface area contributed by atoms with E-state index >= 15 is 0 Å². The number of anilines is 1. The van der Waals surface area contributed by atoms with Gasteiger partial charge in [-0.15, -0.1) is 0 Å². The van der Waals surface area contributed by atoms with Gasteiger partial charge in [-0.05, 0) is 60.4 Å². The number of H-pyrrole nitrogens is 1. The maximum absolute atomic E-state index is 4.54. The highest BCUT2D eigenvalue weighted by atomic mass is 15.0. The summed E-state index contributed by atoms with van der Waals surface area (Å²) in [5, 5.41) is 4.54. The van der Waals surface area contributed by atoms with Crippen molar-refractivity contribution in [2.24, 2.45) is 0 Å². The molecule has 4 aromatic heterocycles. The second-order valence-electron chi connectivity index (χ2n) is 6.61. The van der Waals surface area contributed by atoms with Crippen LogP contribution in [0.25, 0.3) is 11.0 Å². The lowest BCUT2D eigenvalue weighted by atomic mass is 10.1. The van der Waals surface area contributed by atoms with Crippen LogP contribution in [-0.4, -0.2) is 19.9 Å². The van der Waals surface area contributed by atoms with Crippen LogP contribution in [-0.2, 0) is 13.0 Å². The van der Waals surface area contributed by atoms with Gasteiger partial charge in [0.1, 0.15) is 11.5 Å². The molecule has 0 saturated carbocycles. The number of aromatic nitrogens is 4. The number of rotatable bonds is 5. The van der Waals surface area contributed by atoms with Gasteiger partial charge in [-0.3, -0.25) is 4.98 Å². The lowest BCUT2D eigenvalue weighted by Crippen LogP contribution is -2.02. The van der Waals surface area contributed by atoms with E-state index in [9.17, 15) is 0 Å². The highest BCUT2D eigenvalue weighted by Crippen LogP contribution is 2.21. The number of fused-ring (bicyclic) bond motifs is 1. The molecule has 5 heteroatoms. The first-order chi connectivity index (χ1) is 12.7. The third-order valence-electron chi connectivity index (χ3n) is 4.41. The number of nitrogens with one attached hydrogen (secondary N) is 2. The molecule has 0 amide bonds. The van der Waals surface area contributed by atoms with Crippen molar-refractivity contribution in [1.82, 2.24) is 19.9 Å². The molecule has 0 radical (unpaired) electrons. The van der Waals surface area contributed by atoms with Gasteiger partial charge in [0.05, 0.1) is 0 Å². The quantitative estimate of drug-likeness (QED) is 0.571. The summed E-state index contributed by atoms with van der Waals surface area (Å²) in [7, 11) is 0. The summed E-state index contributed by atoms with van der Waals surface area (Å²) in [4.78, 5) is 16.4. The molecule has 4 rings (SSSR count). The minimum absolute atomic E-state index is 0.739. The lowest BCUT2D eigenvalue weighted by Gasteiger charge is -2.07. The van der Waals surface area contributed by atoms with Crippen molar-refractivity contribution in [1.29, 1.82) is 0 Å². The molecule has 0 unspecified atom stereocenters. The van der Waals surface area contributed by atoms with E-state index in [0.29, 0.717) is 0 Å². The van der Waals surface area contributed by atoms with Crippen molar-refractivity contribution < 1.29 is 0 Å². The molecule has 4 aromatic rings. The van der Waals surface area contributed by atoms with Crippen molar-refractivity contribution in [3.8, 4) is 0 Å². The monoisotopic (exact) mass is 343 g/mol. The summed E-state index contributed by atoms with van der Waals surface area (Å²) < 4.78 is 0. The van der Waals surface area contributed by atoms with Gasteiger partial charge in [0.25, 0.3) is 0 Å². The average Bonchev–Trinajstić information content (AvgIpc) is 3.03. The molecule has 0 aromatic carbocycles. The predicted molar refractivity (Wildman–Crippen MR) is 104 cm³/mol. The van der Waals surface area contributed by atoms with Crippen LogP contribution in [0.5, 0.6) is 0 Å². The van der Waals surface area contributed by atoms with Gasteiger partial charge in [0.2, 0.25) is 0 Å². The molecule has 0 atom stereocenters. The molecule has 0 aliphatic carbocycles. The minimum Gasteiger partial charge on any atom is -0.366 e. The van der Waals surface area contributed by atoms with Gasteiger partial charge in [-0.1, -0.05) is 6.07 Å². The Morgan fingerprint density at radius 2 is 1.88 bits per heavy atom. The predicted octanol–water partition coefficient (Wildman–Crippen LogP) is 4.17. The molecule has 130 valence electrons. The van der Waals surface area contributed by atoms with Gasteiger partial charge in [0, 0.05) is 48.8 Å². The van der Waals surface area contributed by atoms with Crippen LogP contribution in [0.2, 0.25) is 0 Å². The van der Waals surface area contributed by atoms with Gasteiger partial charge in [0.15, 0.2) is 0 Å². The van der Waals surface area contributed by atoms with E-state index in [1.807, 2.05) is 43.8 Å². The second kappa shape index (κ2) is 6.96. The summed E-state index contributed by atoms with van der Waals surface area (Å²) in [5.41, 5.74) is 6.75. The SMILES string of the molecule is Cc1cnc2[nH]cc(Cc3ccc(NCc4ccnc(C)c4)nc3)c2c1. The molecular weight excluding hydrogens is 322 g/mol. The van der Waals surface area contributed by atoms with E-state index in [1.165, 1.54) is 27.6 Å². The molecule has 26 heavy (non-hydrogen) atoms. The Labute approximate surface area is 152 Å². The van der Waals surface area contributed by atoms with Crippen LogP contribution < -0.4 is 5.32 Å². The zero-order valence-corrected chi connectivity index (χ0v) is 15.0. The van der Waals surface area contributed by atoms with E-state index in [2.05, 4.69) is 50.4 Å². The van der Waals surface area contributed by atoms with Gasteiger partial charge in [-0.25, -0.2) is 9.97 Å². The average molecular weight is 343 g/mol. The fraction of sp³-hybridized carbons (Fsp3) is 0.190. The minimum atomic E-state index is 0.739. The Morgan fingerprint density at radius 3 is 2.69 bits per heavy atom. The normalized spacial score (nSPS) is 11.0. The smallest absolute Gasteiger partial charge is 0.137 e. The topological polar surface area (TPSA) is 66.5 Å². The maximum Gasteiger partial charge on any atom is 0.137 e. The summed E-state index contributed by atoms with van der Waals surface area (Å²) in [6, 6.07) is 10.4.